The molecule has 2 heterocycles. The van der Waals surface area contributed by atoms with Gasteiger partial charge in [-0.15, -0.1) is 0 Å². The van der Waals surface area contributed by atoms with Crippen LogP contribution in [0.15, 0.2) is 18.2 Å². The Bertz CT molecular complexity index is 883. The molecule has 0 aliphatic carbocycles. The SMILES string of the molecule is CN(C(=O)c1ccc(F)c(B2OC(C)(C)C(C)(C)O2)c1)[C@H]1CCN(C(=O)OC(C)(C)C)C1. The summed E-state index contributed by atoms with van der Waals surface area (Å²) in [5.74, 6) is -0.738. The lowest BCUT2D eigenvalue weighted by atomic mass is 9.78. The summed E-state index contributed by atoms with van der Waals surface area (Å²) in [7, 11) is 0.802. The lowest BCUT2D eigenvalue weighted by molar-refractivity contribution is 0.00578. The minimum absolute atomic E-state index is 0.152. The van der Waals surface area contributed by atoms with Gasteiger partial charge in [0, 0.05) is 31.2 Å². The van der Waals surface area contributed by atoms with Gasteiger partial charge >= 0.3 is 13.2 Å². The Kier molecular flexibility index (Phi) is 6.39. The van der Waals surface area contributed by atoms with Gasteiger partial charge in [-0.1, -0.05) is 0 Å². The third kappa shape index (κ3) is 4.93. The average Bonchev–Trinajstić information content (AvgIpc) is 3.22. The van der Waals surface area contributed by atoms with Crippen molar-refractivity contribution >= 4 is 24.6 Å². The van der Waals surface area contributed by atoms with Crippen LogP contribution in [-0.2, 0) is 14.0 Å². The van der Waals surface area contributed by atoms with Crippen LogP contribution in [0.1, 0.15) is 65.2 Å². The summed E-state index contributed by atoms with van der Waals surface area (Å²) in [5.41, 5.74) is -1.26. The van der Waals surface area contributed by atoms with Crippen molar-refractivity contribution in [2.24, 2.45) is 0 Å². The fraction of sp³-hybridized carbons (Fsp3) is 0.652. The number of carbonyl (C=O) groups excluding carboxylic acids is 2. The maximum Gasteiger partial charge on any atom is 0.497 e. The van der Waals surface area contributed by atoms with Crippen molar-refractivity contribution in [1.82, 2.24) is 9.80 Å². The van der Waals surface area contributed by atoms with E-state index in [9.17, 15) is 14.0 Å². The topological polar surface area (TPSA) is 68.3 Å². The van der Waals surface area contributed by atoms with Crippen LogP contribution in [0.4, 0.5) is 9.18 Å². The van der Waals surface area contributed by atoms with Crippen LogP contribution >= 0.6 is 0 Å². The van der Waals surface area contributed by atoms with Gasteiger partial charge in [-0.05, 0) is 73.1 Å². The predicted molar refractivity (Wildman–Crippen MR) is 120 cm³/mol. The van der Waals surface area contributed by atoms with Crippen LogP contribution in [0, 0.1) is 5.82 Å². The maximum atomic E-state index is 14.6. The summed E-state index contributed by atoms with van der Waals surface area (Å²) in [6.45, 7) is 13.9. The molecular formula is C23H34BFN2O5. The normalized spacial score (nSPS) is 22.2. The lowest BCUT2D eigenvalue weighted by Crippen LogP contribution is -2.42. The quantitative estimate of drug-likeness (QED) is 0.665. The first-order valence-electron chi connectivity index (χ1n) is 11.0. The van der Waals surface area contributed by atoms with Gasteiger partial charge in [0.1, 0.15) is 11.4 Å². The highest BCUT2D eigenvalue weighted by molar-refractivity contribution is 6.62. The van der Waals surface area contributed by atoms with Crippen molar-refractivity contribution in [2.75, 3.05) is 20.1 Å². The first-order valence-corrected chi connectivity index (χ1v) is 11.0. The number of carbonyl (C=O) groups is 2. The Hall–Kier alpha value is -2.13. The zero-order valence-corrected chi connectivity index (χ0v) is 20.3. The summed E-state index contributed by atoms with van der Waals surface area (Å²) in [5, 5.41) is 0. The summed E-state index contributed by atoms with van der Waals surface area (Å²) in [6, 6.07) is 4.07. The molecule has 1 atom stereocenters. The van der Waals surface area contributed by atoms with Crippen molar-refractivity contribution in [1.29, 1.82) is 0 Å². The van der Waals surface area contributed by atoms with Crippen LogP contribution in [-0.4, -0.2) is 71.9 Å². The number of nitrogens with zero attached hydrogens (tertiary/aromatic N) is 2. The molecule has 176 valence electrons. The standard InChI is InChI=1S/C23H34BFN2O5/c1-21(2,3)30-20(29)27-12-11-16(14-27)26(8)19(28)15-9-10-18(25)17(13-15)24-31-22(4,5)23(6,7)32-24/h9-10,13,16H,11-12,14H2,1-8H3/t16-/m0/s1. The molecule has 1 aromatic rings. The van der Waals surface area contributed by atoms with Crippen molar-refractivity contribution in [2.45, 2.75) is 77.7 Å². The number of benzene rings is 1. The van der Waals surface area contributed by atoms with Crippen LogP contribution in [0.3, 0.4) is 0 Å². The van der Waals surface area contributed by atoms with E-state index in [0.717, 1.165) is 0 Å². The van der Waals surface area contributed by atoms with Gasteiger partial charge in [0.05, 0.1) is 17.2 Å². The third-order valence-corrected chi connectivity index (χ3v) is 6.43. The number of amides is 2. The fourth-order valence-electron chi connectivity index (χ4n) is 3.75. The molecule has 0 unspecified atom stereocenters. The molecular weight excluding hydrogens is 414 g/mol. The Balaban J connectivity index is 1.72. The summed E-state index contributed by atoms with van der Waals surface area (Å²) < 4.78 is 32.0. The average molecular weight is 448 g/mol. The molecule has 1 aromatic carbocycles. The zero-order valence-electron chi connectivity index (χ0n) is 20.3. The zero-order chi connectivity index (χ0) is 24.1. The van der Waals surface area contributed by atoms with Crippen molar-refractivity contribution < 1.29 is 28.0 Å². The molecule has 2 saturated heterocycles. The highest BCUT2D eigenvalue weighted by Crippen LogP contribution is 2.36. The Labute approximate surface area is 190 Å². The minimum atomic E-state index is -0.896. The lowest BCUT2D eigenvalue weighted by Gasteiger charge is -2.32. The van der Waals surface area contributed by atoms with E-state index in [1.807, 2.05) is 48.5 Å². The first-order chi connectivity index (χ1) is 14.6. The maximum absolute atomic E-state index is 14.6. The largest absolute Gasteiger partial charge is 0.497 e. The number of ether oxygens (including phenoxy) is 1. The molecule has 7 nitrogen and oxygen atoms in total. The summed E-state index contributed by atoms with van der Waals surface area (Å²) in [4.78, 5) is 28.7. The number of hydrogen-bond acceptors (Lipinski definition) is 5. The molecule has 0 saturated carbocycles. The number of hydrogen-bond donors (Lipinski definition) is 0. The van der Waals surface area contributed by atoms with Gasteiger partial charge in [0.2, 0.25) is 0 Å². The molecule has 2 fully saturated rings. The summed E-state index contributed by atoms with van der Waals surface area (Å²) >= 11 is 0. The summed E-state index contributed by atoms with van der Waals surface area (Å²) in [6.07, 6.45) is 0.262. The Morgan fingerprint density at radius 1 is 1.19 bits per heavy atom. The predicted octanol–water partition coefficient (Wildman–Crippen LogP) is 3.21. The van der Waals surface area contributed by atoms with E-state index in [4.69, 9.17) is 14.0 Å². The number of halogens is 1. The van der Waals surface area contributed by atoms with Crippen LogP contribution in [0.2, 0.25) is 0 Å². The highest BCUT2D eigenvalue weighted by Gasteiger charge is 2.52. The second kappa shape index (κ2) is 8.34. The van der Waals surface area contributed by atoms with Gasteiger partial charge in [0.25, 0.3) is 5.91 Å². The fourth-order valence-corrected chi connectivity index (χ4v) is 3.75. The van der Waals surface area contributed by atoms with E-state index in [1.165, 1.54) is 18.2 Å². The number of likely N-dealkylation sites (tertiary alicyclic amines) is 1. The van der Waals surface area contributed by atoms with E-state index in [-0.39, 0.29) is 23.5 Å². The second-order valence-corrected chi connectivity index (χ2v) is 10.6. The molecule has 9 heteroatoms. The molecule has 0 bridgehead atoms. The molecule has 3 rings (SSSR count). The van der Waals surface area contributed by atoms with Crippen LogP contribution in [0.5, 0.6) is 0 Å². The van der Waals surface area contributed by atoms with Crippen molar-refractivity contribution in [3.63, 3.8) is 0 Å². The Morgan fingerprint density at radius 3 is 2.34 bits per heavy atom. The molecule has 0 aromatic heterocycles. The van der Waals surface area contributed by atoms with Gasteiger partial charge in [-0.2, -0.15) is 0 Å². The molecule has 0 spiro atoms. The highest BCUT2D eigenvalue weighted by atomic mass is 19.1. The first kappa shape index (κ1) is 24.5. The van der Waals surface area contributed by atoms with Crippen molar-refractivity contribution in [3.8, 4) is 0 Å². The molecule has 0 N–H and O–H groups in total. The van der Waals surface area contributed by atoms with E-state index < -0.39 is 29.7 Å². The van der Waals surface area contributed by atoms with Gasteiger partial charge in [-0.3, -0.25) is 4.79 Å². The van der Waals surface area contributed by atoms with E-state index in [2.05, 4.69) is 0 Å². The van der Waals surface area contributed by atoms with Crippen LogP contribution < -0.4 is 5.46 Å². The van der Waals surface area contributed by atoms with E-state index in [1.54, 1.807) is 16.8 Å². The molecule has 32 heavy (non-hydrogen) atoms. The minimum Gasteiger partial charge on any atom is -0.444 e. The van der Waals surface area contributed by atoms with Gasteiger partial charge in [-0.25, -0.2) is 9.18 Å². The number of rotatable bonds is 3. The molecule has 2 amide bonds. The second-order valence-electron chi connectivity index (χ2n) is 10.6. The van der Waals surface area contributed by atoms with E-state index in [0.29, 0.717) is 25.1 Å². The Morgan fingerprint density at radius 2 is 1.78 bits per heavy atom. The monoisotopic (exact) mass is 448 g/mol. The number of likely N-dealkylation sites (N-methyl/N-ethyl adjacent to an activating group) is 1. The van der Waals surface area contributed by atoms with Gasteiger partial charge in [0.15, 0.2) is 0 Å². The third-order valence-electron chi connectivity index (χ3n) is 6.43. The smallest absolute Gasteiger partial charge is 0.444 e. The van der Waals surface area contributed by atoms with Crippen molar-refractivity contribution in [3.05, 3.63) is 29.6 Å². The molecule has 2 aliphatic rings. The molecule has 0 radical (unpaired) electrons. The van der Waals surface area contributed by atoms with Crippen LogP contribution in [0.25, 0.3) is 0 Å². The van der Waals surface area contributed by atoms with E-state index >= 15 is 0 Å². The molecule has 2 aliphatic heterocycles. The van der Waals surface area contributed by atoms with Gasteiger partial charge < -0.3 is 23.8 Å².